The smallest absolute Gasteiger partial charge is 0.303 e. The van der Waals surface area contributed by atoms with Crippen molar-refractivity contribution >= 4 is 33.5 Å². The van der Waals surface area contributed by atoms with Crippen LogP contribution in [0.25, 0.3) is 11.4 Å². The first-order chi connectivity index (χ1) is 9.88. The largest absolute Gasteiger partial charge is 0.481 e. The predicted molar refractivity (Wildman–Crippen MR) is 83.7 cm³/mol. The van der Waals surface area contributed by atoms with Gasteiger partial charge in [0, 0.05) is 27.7 Å². The van der Waals surface area contributed by atoms with E-state index in [2.05, 4.69) is 25.9 Å². The van der Waals surface area contributed by atoms with Crippen LogP contribution in [0.5, 0.6) is 0 Å². The molecule has 0 saturated carbocycles. The van der Waals surface area contributed by atoms with E-state index in [9.17, 15) is 9.59 Å². The van der Waals surface area contributed by atoms with Gasteiger partial charge in [-0.2, -0.15) is 0 Å². The molecule has 2 rings (SSSR count). The molecule has 1 aromatic carbocycles. The third kappa shape index (κ3) is 3.71. The fourth-order valence-corrected chi connectivity index (χ4v) is 2.41. The number of carboxylic acid groups (broad SMARTS) is 1. The van der Waals surface area contributed by atoms with Gasteiger partial charge in [0.1, 0.15) is 5.82 Å². The highest BCUT2D eigenvalue weighted by Gasteiger charge is 2.11. The molecule has 0 saturated heterocycles. The third-order valence-corrected chi connectivity index (χ3v) is 4.22. The van der Waals surface area contributed by atoms with Crippen LogP contribution in [-0.4, -0.2) is 21.0 Å². The second-order valence-electron chi connectivity index (χ2n) is 4.50. The summed E-state index contributed by atoms with van der Waals surface area (Å²) in [6.45, 7) is 1.70. The first-order valence-corrected chi connectivity index (χ1v) is 7.32. The minimum absolute atomic E-state index is 0.0998. The van der Waals surface area contributed by atoms with Crippen LogP contribution in [0.4, 0.5) is 0 Å². The van der Waals surface area contributed by atoms with E-state index in [1.807, 2.05) is 0 Å². The molecule has 0 aliphatic heterocycles. The molecule has 2 N–H and O–H groups in total. The zero-order valence-electron chi connectivity index (χ0n) is 11.1. The average Bonchev–Trinajstić information content (AvgIpc) is 2.40. The van der Waals surface area contributed by atoms with Gasteiger partial charge in [-0.15, -0.1) is 0 Å². The van der Waals surface area contributed by atoms with E-state index in [1.165, 1.54) is 0 Å². The normalized spacial score (nSPS) is 10.6. The number of carbonyl (C=O) groups is 1. The quantitative estimate of drug-likeness (QED) is 0.864. The molecule has 0 aliphatic rings. The van der Waals surface area contributed by atoms with Crippen molar-refractivity contribution < 1.29 is 9.90 Å². The summed E-state index contributed by atoms with van der Waals surface area (Å²) in [5, 5.41) is 9.26. The number of hydrogen-bond donors (Lipinski definition) is 2. The lowest BCUT2D eigenvalue weighted by atomic mass is 10.1. The summed E-state index contributed by atoms with van der Waals surface area (Å²) in [6, 6.07) is 5.22. The first-order valence-electron chi connectivity index (χ1n) is 6.15. The molecule has 1 heterocycles. The van der Waals surface area contributed by atoms with Gasteiger partial charge in [0.05, 0.1) is 5.02 Å². The lowest BCUT2D eigenvalue weighted by molar-refractivity contribution is -0.136. The van der Waals surface area contributed by atoms with Gasteiger partial charge in [-0.1, -0.05) is 11.6 Å². The Kier molecular flexibility index (Phi) is 4.80. The number of aliphatic carboxylic acids is 1. The van der Waals surface area contributed by atoms with Gasteiger partial charge in [0.25, 0.3) is 5.56 Å². The Balaban J connectivity index is 2.41. The van der Waals surface area contributed by atoms with Crippen molar-refractivity contribution in [2.24, 2.45) is 0 Å². The van der Waals surface area contributed by atoms with E-state index in [4.69, 9.17) is 16.7 Å². The molecule has 0 unspecified atom stereocenters. The Morgan fingerprint density at radius 3 is 2.76 bits per heavy atom. The van der Waals surface area contributed by atoms with Crippen LogP contribution >= 0.6 is 27.5 Å². The maximum atomic E-state index is 12.1. The fourth-order valence-electron chi connectivity index (χ4n) is 1.92. The SMILES string of the molecule is Cc1nc(-c2ccc(Cl)c(Br)c2)[nH]c(=O)c1CCC(=O)O. The predicted octanol–water partition coefficient (Wildman–Crippen LogP) is 3.18. The Morgan fingerprint density at radius 2 is 2.19 bits per heavy atom. The summed E-state index contributed by atoms with van der Waals surface area (Å²) in [5.41, 5.74) is 1.33. The molecule has 110 valence electrons. The highest BCUT2D eigenvalue weighted by molar-refractivity contribution is 9.10. The molecule has 21 heavy (non-hydrogen) atoms. The number of benzene rings is 1. The second-order valence-corrected chi connectivity index (χ2v) is 5.76. The minimum atomic E-state index is -0.945. The molecular weight excluding hydrogens is 360 g/mol. The van der Waals surface area contributed by atoms with Gasteiger partial charge < -0.3 is 10.1 Å². The van der Waals surface area contributed by atoms with E-state index in [1.54, 1.807) is 25.1 Å². The molecule has 7 heteroatoms. The van der Waals surface area contributed by atoms with E-state index in [-0.39, 0.29) is 18.4 Å². The summed E-state index contributed by atoms with van der Waals surface area (Å²) < 4.78 is 0.705. The summed E-state index contributed by atoms with van der Waals surface area (Å²) >= 11 is 9.25. The summed E-state index contributed by atoms with van der Waals surface area (Å²) in [6.07, 6.45) is 0.0610. The minimum Gasteiger partial charge on any atom is -0.481 e. The van der Waals surface area contributed by atoms with Crippen molar-refractivity contribution in [3.63, 3.8) is 0 Å². The van der Waals surface area contributed by atoms with Gasteiger partial charge in [-0.05, 0) is 47.5 Å². The Morgan fingerprint density at radius 1 is 1.48 bits per heavy atom. The number of nitrogens with one attached hydrogen (secondary N) is 1. The maximum absolute atomic E-state index is 12.1. The van der Waals surface area contributed by atoms with Crippen LogP contribution < -0.4 is 5.56 Å². The maximum Gasteiger partial charge on any atom is 0.303 e. The van der Waals surface area contributed by atoms with Crippen molar-refractivity contribution in [1.82, 2.24) is 9.97 Å². The number of aromatic amines is 1. The number of halogens is 2. The van der Waals surface area contributed by atoms with Gasteiger partial charge in [-0.25, -0.2) is 4.98 Å². The number of hydrogen-bond acceptors (Lipinski definition) is 3. The van der Waals surface area contributed by atoms with Crippen molar-refractivity contribution in [3.05, 3.63) is 49.3 Å². The first kappa shape index (κ1) is 15.7. The number of carboxylic acids is 1. The van der Waals surface area contributed by atoms with Crippen LogP contribution in [0.3, 0.4) is 0 Å². The molecule has 1 aromatic heterocycles. The fraction of sp³-hybridized carbons (Fsp3) is 0.214. The highest BCUT2D eigenvalue weighted by atomic mass is 79.9. The van der Waals surface area contributed by atoms with Crippen molar-refractivity contribution in [1.29, 1.82) is 0 Å². The Hall–Kier alpha value is -1.66. The molecular formula is C14H12BrClN2O3. The highest BCUT2D eigenvalue weighted by Crippen LogP contribution is 2.27. The van der Waals surface area contributed by atoms with Gasteiger partial charge in [0.15, 0.2) is 0 Å². The van der Waals surface area contributed by atoms with E-state index in [0.29, 0.717) is 26.6 Å². The summed E-state index contributed by atoms with van der Waals surface area (Å²) in [4.78, 5) is 29.7. The molecule has 0 radical (unpaired) electrons. The Labute approximate surface area is 134 Å². The third-order valence-electron chi connectivity index (χ3n) is 3.00. The van der Waals surface area contributed by atoms with Gasteiger partial charge in [0.2, 0.25) is 0 Å². The number of rotatable bonds is 4. The summed E-state index contributed by atoms with van der Waals surface area (Å²) in [5.74, 6) is -0.520. The van der Waals surface area contributed by atoms with E-state index >= 15 is 0 Å². The van der Waals surface area contributed by atoms with Gasteiger partial charge >= 0.3 is 5.97 Å². The summed E-state index contributed by atoms with van der Waals surface area (Å²) in [7, 11) is 0. The van der Waals surface area contributed by atoms with Crippen LogP contribution in [-0.2, 0) is 11.2 Å². The number of aryl methyl sites for hydroxylation is 1. The van der Waals surface area contributed by atoms with Gasteiger partial charge in [-0.3, -0.25) is 9.59 Å². The average molecular weight is 372 g/mol. The molecule has 5 nitrogen and oxygen atoms in total. The van der Waals surface area contributed by atoms with E-state index < -0.39 is 5.97 Å². The van der Waals surface area contributed by atoms with E-state index in [0.717, 1.165) is 5.56 Å². The standard InChI is InChI=1S/C14H12BrClN2O3/c1-7-9(3-5-12(19)20)14(21)18-13(17-7)8-2-4-11(16)10(15)6-8/h2,4,6H,3,5H2,1H3,(H,19,20)(H,17,18,21). The number of H-pyrrole nitrogens is 1. The van der Waals surface area contributed by atoms with Crippen molar-refractivity contribution in [2.75, 3.05) is 0 Å². The molecule has 0 fully saturated rings. The molecule has 0 spiro atoms. The van der Waals surface area contributed by atoms with Crippen molar-refractivity contribution in [2.45, 2.75) is 19.8 Å². The number of nitrogens with zero attached hydrogens (tertiary/aromatic N) is 1. The number of aromatic nitrogens is 2. The topological polar surface area (TPSA) is 83.0 Å². The Bertz CT molecular complexity index is 758. The lowest BCUT2D eigenvalue weighted by Gasteiger charge is -2.07. The van der Waals surface area contributed by atoms with Crippen LogP contribution in [0.15, 0.2) is 27.5 Å². The zero-order valence-corrected chi connectivity index (χ0v) is 13.5. The van der Waals surface area contributed by atoms with Crippen LogP contribution in [0.2, 0.25) is 5.02 Å². The monoisotopic (exact) mass is 370 g/mol. The lowest BCUT2D eigenvalue weighted by Crippen LogP contribution is -2.18. The zero-order chi connectivity index (χ0) is 15.6. The molecule has 2 aromatic rings. The molecule has 0 bridgehead atoms. The molecule has 0 aliphatic carbocycles. The molecule has 0 atom stereocenters. The molecule has 0 amide bonds. The van der Waals surface area contributed by atoms with Crippen LogP contribution in [0.1, 0.15) is 17.7 Å². The van der Waals surface area contributed by atoms with Crippen LogP contribution in [0, 0.1) is 6.92 Å². The van der Waals surface area contributed by atoms with Crippen molar-refractivity contribution in [3.8, 4) is 11.4 Å². The second kappa shape index (κ2) is 6.41.